The zero-order valence-corrected chi connectivity index (χ0v) is 13.8. The molecule has 2 aromatic heterocycles. The molecule has 2 aliphatic heterocycles. The molecule has 2 aliphatic rings. The van der Waals surface area contributed by atoms with Crippen molar-refractivity contribution in [3.05, 3.63) is 42.3 Å². The van der Waals surface area contributed by atoms with Crippen LogP contribution in [0.25, 0.3) is 11.4 Å². The summed E-state index contributed by atoms with van der Waals surface area (Å²) in [7, 11) is 0. The highest BCUT2D eigenvalue weighted by atomic mass is 16.7. The van der Waals surface area contributed by atoms with Gasteiger partial charge in [-0.2, -0.15) is 4.98 Å². The Morgan fingerprint density at radius 2 is 2.19 bits per heavy atom. The number of H-pyrrole nitrogens is 1. The van der Waals surface area contributed by atoms with E-state index in [-0.39, 0.29) is 12.8 Å². The van der Waals surface area contributed by atoms with Crippen molar-refractivity contribution in [3.8, 4) is 22.9 Å². The van der Waals surface area contributed by atoms with E-state index >= 15 is 0 Å². The molecular formula is C17H17N5O4. The van der Waals surface area contributed by atoms with Gasteiger partial charge in [-0.1, -0.05) is 5.16 Å². The van der Waals surface area contributed by atoms with Crippen LogP contribution in [-0.2, 0) is 6.54 Å². The maximum Gasteiger partial charge on any atom is 0.244 e. The number of β-amino-alcohol motifs (C(OH)–C–C–N with tert-alkyl or cyclic N) is 1. The molecule has 4 heterocycles. The average molecular weight is 355 g/mol. The Morgan fingerprint density at radius 1 is 1.27 bits per heavy atom. The molecule has 0 radical (unpaired) electrons. The van der Waals surface area contributed by atoms with Gasteiger partial charge in [0.2, 0.25) is 18.5 Å². The lowest BCUT2D eigenvalue weighted by molar-refractivity contribution is 0.167. The quantitative estimate of drug-likeness (QED) is 0.724. The number of aromatic amines is 1. The molecule has 9 nitrogen and oxygen atoms in total. The molecule has 2 unspecified atom stereocenters. The monoisotopic (exact) mass is 355 g/mol. The first-order valence-corrected chi connectivity index (χ1v) is 8.40. The Balaban J connectivity index is 1.40. The lowest BCUT2D eigenvalue weighted by Gasteiger charge is -2.19. The molecule has 2 atom stereocenters. The van der Waals surface area contributed by atoms with Crippen LogP contribution < -0.4 is 9.47 Å². The first-order valence-electron chi connectivity index (χ1n) is 8.40. The molecule has 2 N–H and O–H groups in total. The van der Waals surface area contributed by atoms with Crippen LogP contribution >= 0.6 is 0 Å². The van der Waals surface area contributed by atoms with E-state index in [1.54, 1.807) is 12.4 Å². The highest BCUT2D eigenvalue weighted by Crippen LogP contribution is 2.37. The van der Waals surface area contributed by atoms with Crippen LogP contribution in [-0.4, -0.2) is 49.6 Å². The number of likely N-dealkylation sites (tertiary alicyclic amines) is 1. The Bertz CT molecular complexity index is 910. The number of ether oxygens (including phenoxy) is 2. The van der Waals surface area contributed by atoms with E-state index in [1.165, 1.54) is 0 Å². The largest absolute Gasteiger partial charge is 0.454 e. The summed E-state index contributed by atoms with van der Waals surface area (Å²) >= 11 is 0. The van der Waals surface area contributed by atoms with E-state index < -0.39 is 6.10 Å². The predicted molar refractivity (Wildman–Crippen MR) is 88.2 cm³/mol. The number of aliphatic hydroxyl groups excluding tert-OH is 1. The van der Waals surface area contributed by atoms with Crippen molar-refractivity contribution < 1.29 is 19.1 Å². The van der Waals surface area contributed by atoms with Gasteiger partial charge in [0.05, 0.1) is 18.7 Å². The second-order valence-corrected chi connectivity index (χ2v) is 6.39. The fourth-order valence-corrected chi connectivity index (χ4v) is 3.41. The Kier molecular flexibility index (Phi) is 3.61. The van der Waals surface area contributed by atoms with E-state index in [9.17, 15) is 5.11 Å². The summed E-state index contributed by atoms with van der Waals surface area (Å²) < 4.78 is 16.2. The zero-order chi connectivity index (χ0) is 17.5. The third-order valence-electron chi connectivity index (χ3n) is 4.65. The van der Waals surface area contributed by atoms with Crippen molar-refractivity contribution >= 4 is 0 Å². The molecule has 1 fully saturated rings. The summed E-state index contributed by atoms with van der Waals surface area (Å²) in [6, 6.07) is 5.38. The number of nitrogens with zero attached hydrogens (tertiary/aromatic N) is 4. The molecule has 9 heteroatoms. The van der Waals surface area contributed by atoms with Crippen molar-refractivity contribution in [1.29, 1.82) is 0 Å². The minimum Gasteiger partial charge on any atom is -0.454 e. The first kappa shape index (κ1) is 15.4. The maximum absolute atomic E-state index is 10.1. The van der Waals surface area contributed by atoms with Gasteiger partial charge in [0.15, 0.2) is 11.5 Å². The SMILES string of the molecule is OC1CC(c2nc(-c3ccc4c(c3)OCO4)no2)N(Cc2ncc[nH]2)C1. The van der Waals surface area contributed by atoms with Crippen LogP contribution in [0.2, 0.25) is 0 Å². The Labute approximate surface area is 148 Å². The highest BCUT2D eigenvalue weighted by molar-refractivity contribution is 5.61. The van der Waals surface area contributed by atoms with Gasteiger partial charge < -0.3 is 24.1 Å². The molecule has 0 saturated carbocycles. The lowest BCUT2D eigenvalue weighted by Crippen LogP contribution is -2.25. The van der Waals surface area contributed by atoms with E-state index in [4.69, 9.17) is 14.0 Å². The van der Waals surface area contributed by atoms with Crippen molar-refractivity contribution in [2.24, 2.45) is 0 Å². The number of aromatic nitrogens is 4. The third kappa shape index (κ3) is 2.71. The third-order valence-corrected chi connectivity index (χ3v) is 4.65. The Morgan fingerprint density at radius 3 is 3.08 bits per heavy atom. The van der Waals surface area contributed by atoms with Gasteiger partial charge in [0.25, 0.3) is 0 Å². The predicted octanol–water partition coefficient (Wildman–Crippen LogP) is 1.50. The lowest BCUT2D eigenvalue weighted by atomic mass is 10.2. The number of rotatable bonds is 4. The molecule has 26 heavy (non-hydrogen) atoms. The second-order valence-electron chi connectivity index (χ2n) is 6.39. The van der Waals surface area contributed by atoms with Crippen LogP contribution in [0.1, 0.15) is 24.2 Å². The molecule has 0 amide bonds. The van der Waals surface area contributed by atoms with E-state index in [2.05, 4.69) is 25.0 Å². The van der Waals surface area contributed by atoms with Gasteiger partial charge in [0, 0.05) is 24.5 Å². The highest BCUT2D eigenvalue weighted by Gasteiger charge is 2.36. The topological polar surface area (TPSA) is 110 Å². The molecule has 0 bridgehead atoms. The second kappa shape index (κ2) is 6.11. The number of hydrogen-bond donors (Lipinski definition) is 2. The van der Waals surface area contributed by atoms with Crippen molar-refractivity contribution in [1.82, 2.24) is 25.0 Å². The smallest absolute Gasteiger partial charge is 0.244 e. The van der Waals surface area contributed by atoms with Crippen LogP contribution in [0.15, 0.2) is 35.1 Å². The Hall–Kier alpha value is -2.91. The minimum atomic E-state index is -0.434. The number of nitrogens with one attached hydrogen (secondary N) is 1. The normalized spacial score (nSPS) is 22.2. The van der Waals surface area contributed by atoms with E-state index in [0.29, 0.717) is 42.7 Å². The summed E-state index contributed by atoms with van der Waals surface area (Å²) in [5.74, 6) is 3.18. The molecule has 5 rings (SSSR count). The van der Waals surface area contributed by atoms with Gasteiger partial charge in [0.1, 0.15) is 5.82 Å². The number of aliphatic hydroxyl groups is 1. The summed E-state index contributed by atoms with van der Waals surface area (Å²) in [5.41, 5.74) is 0.792. The van der Waals surface area contributed by atoms with Crippen LogP contribution in [0, 0.1) is 0 Å². The number of fused-ring (bicyclic) bond motifs is 1. The van der Waals surface area contributed by atoms with Crippen LogP contribution in [0.5, 0.6) is 11.5 Å². The number of hydrogen-bond acceptors (Lipinski definition) is 8. The molecule has 134 valence electrons. The van der Waals surface area contributed by atoms with Crippen molar-refractivity contribution in [2.75, 3.05) is 13.3 Å². The van der Waals surface area contributed by atoms with Crippen LogP contribution in [0.3, 0.4) is 0 Å². The average Bonchev–Trinajstić information content (AvgIpc) is 3.42. The van der Waals surface area contributed by atoms with Gasteiger partial charge >= 0.3 is 0 Å². The van der Waals surface area contributed by atoms with Crippen LogP contribution in [0.4, 0.5) is 0 Å². The fraction of sp³-hybridized carbons (Fsp3) is 0.353. The molecular weight excluding hydrogens is 338 g/mol. The minimum absolute atomic E-state index is 0.148. The first-order chi connectivity index (χ1) is 12.8. The molecule has 3 aromatic rings. The van der Waals surface area contributed by atoms with E-state index in [0.717, 1.165) is 11.4 Å². The van der Waals surface area contributed by atoms with Gasteiger partial charge in [-0.15, -0.1) is 0 Å². The molecule has 1 aromatic carbocycles. The van der Waals surface area contributed by atoms with Gasteiger partial charge in [-0.05, 0) is 24.6 Å². The summed E-state index contributed by atoms with van der Waals surface area (Å²) in [6.45, 7) is 1.33. The van der Waals surface area contributed by atoms with Crippen molar-refractivity contribution in [3.63, 3.8) is 0 Å². The summed E-state index contributed by atoms with van der Waals surface area (Å²) in [6.07, 6.45) is 3.60. The van der Waals surface area contributed by atoms with Gasteiger partial charge in [-0.3, -0.25) is 4.90 Å². The number of imidazole rings is 1. The maximum atomic E-state index is 10.1. The number of benzene rings is 1. The van der Waals surface area contributed by atoms with Gasteiger partial charge in [-0.25, -0.2) is 4.98 Å². The van der Waals surface area contributed by atoms with Crippen molar-refractivity contribution in [2.45, 2.75) is 25.1 Å². The zero-order valence-electron chi connectivity index (χ0n) is 13.8. The standard InChI is InChI=1S/C17H17N5O4/c23-11-6-12(22(7-11)8-15-18-3-4-19-15)17-20-16(21-26-17)10-1-2-13-14(5-10)25-9-24-13/h1-5,11-12,23H,6-9H2,(H,18,19). The molecule has 1 saturated heterocycles. The summed E-state index contributed by atoms with van der Waals surface area (Å²) in [4.78, 5) is 14.0. The molecule has 0 spiro atoms. The fourth-order valence-electron chi connectivity index (χ4n) is 3.41. The molecule has 0 aliphatic carbocycles. The van der Waals surface area contributed by atoms with E-state index in [1.807, 2.05) is 18.2 Å². The summed E-state index contributed by atoms with van der Waals surface area (Å²) in [5, 5.41) is 14.2.